The highest BCUT2D eigenvalue weighted by Gasteiger charge is 2.40. The summed E-state index contributed by atoms with van der Waals surface area (Å²) in [6.45, 7) is 1.72. The predicted molar refractivity (Wildman–Crippen MR) is 73.1 cm³/mol. The van der Waals surface area contributed by atoms with Crippen LogP contribution in [0.1, 0.15) is 51.5 Å². The van der Waals surface area contributed by atoms with Crippen LogP contribution in [0.25, 0.3) is 0 Å². The first-order chi connectivity index (χ1) is 9.55. The fourth-order valence-electron chi connectivity index (χ4n) is 2.69. The van der Waals surface area contributed by atoms with Crippen molar-refractivity contribution < 1.29 is 14.7 Å². The number of carboxylic acid groups (broad SMARTS) is 1. The van der Waals surface area contributed by atoms with E-state index in [2.05, 4.69) is 10.4 Å². The molecule has 1 aliphatic carbocycles. The van der Waals surface area contributed by atoms with Gasteiger partial charge in [-0.3, -0.25) is 9.48 Å². The van der Waals surface area contributed by atoms with E-state index in [1.54, 1.807) is 25.4 Å². The molecule has 1 unspecified atom stereocenters. The quantitative estimate of drug-likeness (QED) is 0.822. The molecular formula is C14H21N3O3. The number of rotatable bonds is 4. The van der Waals surface area contributed by atoms with Gasteiger partial charge in [0.15, 0.2) is 0 Å². The van der Waals surface area contributed by atoms with Gasteiger partial charge in [-0.1, -0.05) is 25.7 Å². The predicted octanol–water partition coefficient (Wildman–Crippen LogP) is 1.74. The van der Waals surface area contributed by atoms with E-state index in [-0.39, 0.29) is 5.91 Å². The molecule has 0 spiro atoms. The van der Waals surface area contributed by atoms with Gasteiger partial charge in [0.05, 0.1) is 0 Å². The largest absolute Gasteiger partial charge is 0.480 e. The second kappa shape index (κ2) is 6.07. The van der Waals surface area contributed by atoms with Crippen molar-refractivity contribution >= 4 is 11.9 Å². The Morgan fingerprint density at radius 3 is 2.45 bits per heavy atom. The van der Waals surface area contributed by atoms with Crippen LogP contribution in [0.15, 0.2) is 18.5 Å². The van der Waals surface area contributed by atoms with Gasteiger partial charge in [0.1, 0.15) is 11.6 Å². The van der Waals surface area contributed by atoms with Crippen molar-refractivity contribution in [3.8, 4) is 0 Å². The monoisotopic (exact) mass is 279 g/mol. The number of nitrogens with zero attached hydrogens (tertiary/aromatic N) is 2. The number of aliphatic carboxylic acids is 1. The molecule has 6 heteroatoms. The average molecular weight is 279 g/mol. The molecule has 2 N–H and O–H groups in total. The average Bonchev–Trinajstić information content (AvgIpc) is 2.85. The molecule has 110 valence electrons. The molecule has 0 radical (unpaired) electrons. The molecule has 1 fully saturated rings. The zero-order valence-corrected chi connectivity index (χ0v) is 11.7. The second-order valence-electron chi connectivity index (χ2n) is 5.45. The van der Waals surface area contributed by atoms with Crippen LogP contribution in [0.3, 0.4) is 0 Å². The number of aromatic nitrogens is 2. The Morgan fingerprint density at radius 1 is 1.30 bits per heavy atom. The Labute approximate surface area is 118 Å². The van der Waals surface area contributed by atoms with E-state index >= 15 is 0 Å². The summed E-state index contributed by atoms with van der Waals surface area (Å²) < 4.78 is 1.53. The zero-order chi connectivity index (χ0) is 14.6. The molecule has 1 aromatic heterocycles. The maximum absolute atomic E-state index is 12.3. The molecule has 1 saturated carbocycles. The van der Waals surface area contributed by atoms with E-state index in [0.29, 0.717) is 12.8 Å². The summed E-state index contributed by atoms with van der Waals surface area (Å²) >= 11 is 0. The van der Waals surface area contributed by atoms with Crippen molar-refractivity contribution in [3.63, 3.8) is 0 Å². The van der Waals surface area contributed by atoms with Crippen molar-refractivity contribution in [1.82, 2.24) is 15.1 Å². The highest BCUT2D eigenvalue weighted by molar-refractivity contribution is 5.88. The van der Waals surface area contributed by atoms with Crippen LogP contribution >= 0.6 is 0 Å². The summed E-state index contributed by atoms with van der Waals surface area (Å²) in [5.41, 5.74) is -1.12. The Kier molecular flexibility index (Phi) is 4.42. The Bertz CT molecular complexity index is 462. The molecule has 0 aromatic carbocycles. The minimum absolute atomic E-state index is 0.294. The van der Waals surface area contributed by atoms with Crippen molar-refractivity contribution in [2.45, 2.75) is 57.0 Å². The van der Waals surface area contributed by atoms with Crippen LogP contribution < -0.4 is 5.32 Å². The number of hydrogen-bond acceptors (Lipinski definition) is 3. The summed E-state index contributed by atoms with van der Waals surface area (Å²) in [6, 6.07) is 1.23. The van der Waals surface area contributed by atoms with Crippen LogP contribution in [-0.4, -0.2) is 32.3 Å². The van der Waals surface area contributed by atoms with Gasteiger partial charge >= 0.3 is 5.97 Å². The number of carbonyl (C=O) groups excluding carboxylic acids is 1. The van der Waals surface area contributed by atoms with E-state index in [1.807, 2.05) is 0 Å². The Hall–Kier alpha value is -1.85. The summed E-state index contributed by atoms with van der Waals surface area (Å²) in [7, 11) is 0. The molecule has 6 nitrogen and oxygen atoms in total. The van der Waals surface area contributed by atoms with Gasteiger partial charge in [0, 0.05) is 12.4 Å². The number of carboxylic acids is 1. The van der Waals surface area contributed by atoms with Crippen LogP contribution in [0, 0.1) is 0 Å². The summed E-state index contributed by atoms with van der Waals surface area (Å²) in [4.78, 5) is 23.9. The maximum atomic E-state index is 12.3. The number of nitrogens with one attached hydrogen (secondary N) is 1. The van der Waals surface area contributed by atoms with Crippen molar-refractivity contribution in [1.29, 1.82) is 0 Å². The normalized spacial score (nSPS) is 19.9. The SMILES string of the molecule is CC(C(=O)NC1(C(=O)O)CCCCCC1)n1cccn1. The van der Waals surface area contributed by atoms with Gasteiger partial charge in [0.2, 0.25) is 5.91 Å². The fourth-order valence-corrected chi connectivity index (χ4v) is 2.69. The van der Waals surface area contributed by atoms with Crippen LogP contribution in [0.4, 0.5) is 0 Å². The fraction of sp³-hybridized carbons (Fsp3) is 0.643. The molecule has 0 bridgehead atoms. The van der Waals surface area contributed by atoms with E-state index in [4.69, 9.17) is 0 Å². The van der Waals surface area contributed by atoms with Crippen molar-refractivity contribution in [3.05, 3.63) is 18.5 Å². The molecule has 1 aromatic rings. The summed E-state index contributed by atoms with van der Waals surface area (Å²) in [6.07, 6.45) is 8.03. The minimum Gasteiger partial charge on any atom is -0.480 e. The molecule has 0 saturated heterocycles. The lowest BCUT2D eigenvalue weighted by molar-refractivity contribution is -0.149. The highest BCUT2D eigenvalue weighted by Crippen LogP contribution is 2.28. The Balaban J connectivity index is 2.11. The smallest absolute Gasteiger partial charge is 0.329 e. The Morgan fingerprint density at radius 2 is 1.95 bits per heavy atom. The summed E-state index contributed by atoms with van der Waals surface area (Å²) in [5.74, 6) is -1.22. The molecule has 0 aliphatic heterocycles. The first-order valence-electron chi connectivity index (χ1n) is 7.10. The zero-order valence-electron chi connectivity index (χ0n) is 11.7. The van der Waals surface area contributed by atoms with Crippen LogP contribution in [0.2, 0.25) is 0 Å². The molecule has 1 atom stereocenters. The van der Waals surface area contributed by atoms with Crippen molar-refractivity contribution in [2.75, 3.05) is 0 Å². The standard InChI is InChI=1S/C14H21N3O3/c1-11(17-10-6-9-15-17)12(18)16-14(13(19)20)7-4-2-3-5-8-14/h6,9-11H,2-5,7-8H2,1H3,(H,16,18)(H,19,20). The third kappa shape index (κ3) is 3.00. The molecule has 1 heterocycles. The number of hydrogen-bond donors (Lipinski definition) is 2. The van der Waals surface area contributed by atoms with Crippen LogP contribution in [0.5, 0.6) is 0 Å². The third-order valence-corrected chi connectivity index (χ3v) is 4.03. The van der Waals surface area contributed by atoms with Gasteiger partial charge in [-0.2, -0.15) is 5.10 Å². The van der Waals surface area contributed by atoms with E-state index in [9.17, 15) is 14.7 Å². The molecule has 20 heavy (non-hydrogen) atoms. The molecular weight excluding hydrogens is 258 g/mol. The van der Waals surface area contributed by atoms with Gasteiger partial charge in [-0.05, 0) is 25.8 Å². The highest BCUT2D eigenvalue weighted by atomic mass is 16.4. The van der Waals surface area contributed by atoms with E-state index in [1.165, 1.54) is 4.68 Å². The van der Waals surface area contributed by atoms with Crippen LogP contribution in [-0.2, 0) is 9.59 Å². The van der Waals surface area contributed by atoms with Crippen molar-refractivity contribution in [2.24, 2.45) is 0 Å². The first kappa shape index (κ1) is 14.6. The minimum atomic E-state index is -1.12. The molecule has 2 rings (SSSR count). The maximum Gasteiger partial charge on any atom is 0.329 e. The number of carbonyl (C=O) groups is 2. The van der Waals surface area contributed by atoms with E-state index < -0.39 is 17.6 Å². The molecule has 1 aliphatic rings. The van der Waals surface area contributed by atoms with Gasteiger partial charge in [0.25, 0.3) is 0 Å². The number of amides is 1. The van der Waals surface area contributed by atoms with Gasteiger partial charge in [-0.25, -0.2) is 4.79 Å². The summed E-state index contributed by atoms with van der Waals surface area (Å²) in [5, 5.41) is 16.3. The lowest BCUT2D eigenvalue weighted by atomic mass is 9.90. The topological polar surface area (TPSA) is 84.2 Å². The lowest BCUT2D eigenvalue weighted by Gasteiger charge is -2.30. The van der Waals surface area contributed by atoms with E-state index in [0.717, 1.165) is 25.7 Å². The first-order valence-corrected chi connectivity index (χ1v) is 7.10. The molecule has 1 amide bonds. The van der Waals surface area contributed by atoms with Gasteiger partial charge in [-0.15, -0.1) is 0 Å². The van der Waals surface area contributed by atoms with Gasteiger partial charge < -0.3 is 10.4 Å². The third-order valence-electron chi connectivity index (χ3n) is 4.03. The lowest BCUT2D eigenvalue weighted by Crippen LogP contribution is -2.55. The second-order valence-corrected chi connectivity index (χ2v) is 5.45.